The van der Waals surface area contributed by atoms with E-state index in [9.17, 15) is 24.0 Å². The molecule has 31 heavy (non-hydrogen) atoms. The van der Waals surface area contributed by atoms with Crippen molar-refractivity contribution in [3.8, 4) is 0 Å². The van der Waals surface area contributed by atoms with Crippen LogP contribution in [0.2, 0.25) is 0 Å². The van der Waals surface area contributed by atoms with Crippen LogP contribution in [0.5, 0.6) is 0 Å². The van der Waals surface area contributed by atoms with E-state index in [0.717, 1.165) is 0 Å². The van der Waals surface area contributed by atoms with Crippen molar-refractivity contribution in [2.75, 3.05) is 21.3 Å². The lowest BCUT2D eigenvalue weighted by Gasteiger charge is -2.30. The summed E-state index contributed by atoms with van der Waals surface area (Å²) in [5, 5.41) is 0. The highest BCUT2D eigenvalue weighted by Gasteiger charge is 2.55. The summed E-state index contributed by atoms with van der Waals surface area (Å²) in [6, 6.07) is 0. The molecule has 0 aromatic heterocycles. The van der Waals surface area contributed by atoms with Crippen LogP contribution < -0.4 is 0 Å². The molecule has 2 aliphatic rings. The molecule has 170 valence electrons. The molecule has 0 bridgehead atoms. The van der Waals surface area contributed by atoms with Crippen LogP contribution in [0.15, 0.2) is 24.3 Å². The fourth-order valence-corrected chi connectivity index (χ4v) is 4.64. The average molecular weight is 434 g/mol. The Morgan fingerprint density at radius 3 is 2.13 bits per heavy atom. The molecule has 1 saturated carbocycles. The number of carbonyl (C=O) groups excluding carboxylic acids is 5. The van der Waals surface area contributed by atoms with Gasteiger partial charge in [-0.25, -0.2) is 0 Å². The summed E-state index contributed by atoms with van der Waals surface area (Å²) in [5.41, 5.74) is -2.88. The number of methoxy groups -OCH3 is 3. The molecule has 0 saturated heterocycles. The minimum Gasteiger partial charge on any atom is -0.468 e. The predicted octanol–water partition coefficient (Wildman–Crippen LogP) is 2.49. The van der Waals surface area contributed by atoms with Crippen molar-refractivity contribution in [1.82, 2.24) is 0 Å². The fourth-order valence-electron chi connectivity index (χ4n) is 4.64. The van der Waals surface area contributed by atoms with Crippen molar-refractivity contribution in [2.24, 2.45) is 16.7 Å². The first-order valence-electron chi connectivity index (χ1n) is 10.4. The Labute approximate surface area is 182 Å². The van der Waals surface area contributed by atoms with E-state index in [-0.39, 0.29) is 62.4 Å². The van der Waals surface area contributed by atoms with Gasteiger partial charge >= 0.3 is 17.9 Å². The second-order valence-corrected chi connectivity index (χ2v) is 8.01. The second-order valence-electron chi connectivity index (χ2n) is 8.01. The number of rotatable bonds is 3. The van der Waals surface area contributed by atoms with Gasteiger partial charge in [0.2, 0.25) is 0 Å². The molecule has 0 unspecified atom stereocenters. The van der Waals surface area contributed by atoms with E-state index >= 15 is 0 Å². The Balaban J connectivity index is 2.42. The summed E-state index contributed by atoms with van der Waals surface area (Å²) >= 11 is 0. The van der Waals surface area contributed by atoms with Crippen LogP contribution in [-0.4, -0.2) is 50.8 Å². The summed E-state index contributed by atoms with van der Waals surface area (Å²) < 4.78 is 14.7. The van der Waals surface area contributed by atoms with Crippen molar-refractivity contribution in [3.63, 3.8) is 0 Å². The average Bonchev–Trinajstić information content (AvgIpc) is 3.10. The van der Waals surface area contributed by atoms with Gasteiger partial charge in [-0.3, -0.25) is 24.0 Å². The van der Waals surface area contributed by atoms with Crippen LogP contribution in [0, 0.1) is 16.7 Å². The zero-order valence-electron chi connectivity index (χ0n) is 18.3. The topological polar surface area (TPSA) is 113 Å². The first-order valence-corrected chi connectivity index (χ1v) is 10.4. The van der Waals surface area contributed by atoms with Crippen LogP contribution >= 0.6 is 0 Å². The van der Waals surface area contributed by atoms with Crippen molar-refractivity contribution in [2.45, 2.75) is 51.4 Å². The number of fused-ring (bicyclic) bond motifs is 1. The number of ketones is 2. The van der Waals surface area contributed by atoms with E-state index < -0.39 is 28.7 Å². The molecular formula is C23H30O8. The SMILES string of the molecule is COC(=O)C1(C(=O)OC)C/C=C/C=C/[C@@H]2CCC(=O)[C@]2(C(=O)OC)CCC(=O)CCC1. The minimum absolute atomic E-state index is 0.0322. The lowest BCUT2D eigenvalue weighted by atomic mass is 9.72. The number of allylic oxidation sites excluding steroid dienone is 4. The van der Waals surface area contributed by atoms with Gasteiger partial charge in [-0.2, -0.15) is 0 Å². The maximum atomic E-state index is 12.7. The van der Waals surface area contributed by atoms with E-state index in [2.05, 4.69) is 0 Å². The maximum Gasteiger partial charge on any atom is 0.323 e. The lowest BCUT2D eigenvalue weighted by molar-refractivity contribution is -0.170. The highest BCUT2D eigenvalue weighted by Crippen LogP contribution is 2.46. The molecule has 0 heterocycles. The summed E-state index contributed by atoms with van der Waals surface area (Å²) in [6.07, 6.45) is 8.08. The lowest BCUT2D eigenvalue weighted by Crippen LogP contribution is -2.42. The molecule has 0 aliphatic heterocycles. The van der Waals surface area contributed by atoms with Crippen LogP contribution in [0.4, 0.5) is 0 Å². The van der Waals surface area contributed by atoms with Gasteiger partial charge in [0.05, 0.1) is 21.3 Å². The Kier molecular flexibility index (Phi) is 8.30. The van der Waals surface area contributed by atoms with Crippen LogP contribution in [-0.2, 0) is 38.2 Å². The number of esters is 3. The molecular weight excluding hydrogens is 404 g/mol. The second kappa shape index (κ2) is 10.5. The normalized spacial score (nSPS) is 28.5. The zero-order valence-corrected chi connectivity index (χ0v) is 18.3. The van der Waals surface area contributed by atoms with E-state index in [1.165, 1.54) is 21.3 Å². The van der Waals surface area contributed by atoms with E-state index in [4.69, 9.17) is 14.2 Å². The largest absolute Gasteiger partial charge is 0.468 e. The Hall–Kier alpha value is -2.77. The summed E-state index contributed by atoms with van der Waals surface area (Å²) in [5.74, 6) is -2.77. The zero-order chi connectivity index (χ0) is 23.1. The maximum absolute atomic E-state index is 12.7. The quantitative estimate of drug-likeness (QED) is 0.378. The van der Waals surface area contributed by atoms with Gasteiger partial charge in [-0.1, -0.05) is 24.3 Å². The summed E-state index contributed by atoms with van der Waals surface area (Å²) in [7, 11) is 3.66. The Morgan fingerprint density at radius 1 is 0.871 bits per heavy atom. The van der Waals surface area contributed by atoms with Gasteiger partial charge in [-0.15, -0.1) is 0 Å². The Bertz CT molecular complexity index is 777. The van der Waals surface area contributed by atoms with Crippen LogP contribution in [0.25, 0.3) is 0 Å². The first kappa shape index (κ1) is 24.5. The monoisotopic (exact) mass is 434 g/mol. The highest BCUT2D eigenvalue weighted by atomic mass is 16.5. The number of carbonyl (C=O) groups is 5. The molecule has 0 aromatic carbocycles. The molecule has 0 spiro atoms. The molecule has 0 N–H and O–H groups in total. The van der Waals surface area contributed by atoms with Gasteiger partial charge < -0.3 is 14.2 Å². The summed E-state index contributed by atoms with van der Waals surface area (Å²) in [6.45, 7) is 0. The molecule has 1 fully saturated rings. The molecule has 2 rings (SSSR count). The molecule has 0 aromatic rings. The van der Waals surface area contributed by atoms with Gasteiger partial charge in [0, 0.05) is 25.2 Å². The van der Waals surface area contributed by atoms with Crippen molar-refractivity contribution >= 4 is 29.5 Å². The van der Waals surface area contributed by atoms with Crippen LogP contribution in [0.1, 0.15) is 51.4 Å². The number of hydrogen-bond donors (Lipinski definition) is 0. The van der Waals surface area contributed by atoms with Gasteiger partial charge in [-0.05, 0) is 32.1 Å². The van der Waals surface area contributed by atoms with E-state index in [0.29, 0.717) is 6.42 Å². The summed E-state index contributed by atoms with van der Waals surface area (Å²) in [4.78, 5) is 62.9. The Morgan fingerprint density at radius 2 is 1.52 bits per heavy atom. The molecule has 0 amide bonds. The first-order chi connectivity index (χ1) is 14.8. The van der Waals surface area contributed by atoms with Gasteiger partial charge in [0.1, 0.15) is 11.2 Å². The standard InChI is InChI=1S/C23H30O8/c1-29-19(26)22(20(27)30-2)13-6-4-5-8-16-10-11-18(25)23(16,21(28)31-3)15-12-17(24)9-7-14-22/h4-6,8,16H,7,9-15H2,1-3H3/b6-4+,8-5+/t16-,23+/m1/s1. The smallest absolute Gasteiger partial charge is 0.323 e. The molecule has 2 aliphatic carbocycles. The van der Waals surface area contributed by atoms with Crippen LogP contribution in [0.3, 0.4) is 0 Å². The van der Waals surface area contributed by atoms with Gasteiger partial charge in [0.25, 0.3) is 0 Å². The fraction of sp³-hybridized carbons (Fsp3) is 0.609. The molecule has 0 radical (unpaired) electrons. The predicted molar refractivity (Wildman–Crippen MR) is 110 cm³/mol. The van der Waals surface area contributed by atoms with Crippen molar-refractivity contribution in [1.29, 1.82) is 0 Å². The number of ether oxygens (including phenoxy) is 3. The van der Waals surface area contributed by atoms with Crippen molar-refractivity contribution < 1.29 is 38.2 Å². The molecule has 8 heteroatoms. The number of hydrogen-bond acceptors (Lipinski definition) is 8. The highest BCUT2D eigenvalue weighted by molar-refractivity contribution is 6.06. The van der Waals surface area contributed by atoms with E-state index in [1.807, 2.05) is 0 Å². The number of Topliss-reactive ketones (excluding diaryl/α,β-unsaturated/α-hetero) is 2. The van der Waals surface area contributed by atoms with Crippen molar-refractivity contribution in [3.05, 3.63) is 24.3 Å². The molecule has 8 nitrogen and oxygen atoms in total. The third-order valence-electron chi connectivity index (χ3n) is 6.43. The third-order valence-corrected chi connectivity index (χ3v) is 6.43. The van der Waals surface area contributed by atoms with E-state index in [1.54, 1.807) is 24.3 Å². The third kappa shape index (κ3) is 4.78. The minimum atomic E-state index is -1.53. The van der Waals surface area contributed by atoms with Gasteiger partial charge in [0.15, 0.2) is 11.2 Å². The molecule has 2 atom stereocenters.